The highest BCUT2D eigenvalue weighted by Gasteiger charge is 2.16. The summed E-state index contributed by atoms with van der Waals surface area (Å²) in [5.74, 6) is -0.615. The van der Waals surface area contributed by atoms with Crippen molar-refractivity contribution in [2.45, 2.75) is 148 Å². The molecule has 1 unspecified atom stereocenters. The van der Waals surface area contributed by atoms with E-state index >= 15 is 0 Å². The molecule has 34 heavy (non-hydrogen) atoms. The van der Waals surface area contributed by atoms with E-state index in [1.807, 2.05) is 0 Å². The molecule has 0 aliphatic carbocycles. The Labute approximate surface area is 210 Å². The molecule has 0 spiro atoms. The predicted molar refractivity (Wildman–Crippen MR) is 141 cm³/mol. The van der Waals surface area contributed by atoms with Gasteiger partial charge in [0.2, 0.25) is 0 Å². The Morgan fingerprint density at radius 3 is 1.59 bits per heavy atom. The number of carbonyl (C=O) groups excluding carboxylic acids is 2. The molecule has 0 bridgehead atoms. The number of carbonyl (C=O) groups is 2. The lowest BCUT2D eigenvalue weighted by atomic mass is 10.1. The lowest BCUT2D eigenvalue weighted by Crippen LogP contribution is -2.28. The van der Waals surface area contributed by atoms with Crippen LogP contribution in [0.2, 0.25) is 0 Å². The van der Waals surface area contributed by atoms with Gasteiger partial charge in [-0.05, 0) is 38.5 Å². The normalized spacial score (nSPS) is 12.2. The number of unbranched alkanes of at least 4 members (excludes halogenated alkanes) is 15. The summed E-state index contributed by atoms with van der Waals surface area (Å²) in [4.78, 5) is 23.7. The Bertz CT molecular complexity index is 489. The van der Waals surface area contributed by atoms with Crippen molar-refractivity contribution in [3.8, 4) is 0 Å². The minimum Gasteiger partial charge on any atom is -0.462 e. The van der Waals surface area contributed by atoms with Crippen LogP contribution in [0.3, 0.4) is 0 Å². The van der Waals surface area contributed by atoms with Crippen molar-refractivity contribution in [3.63, 3.8) is 0 Å². The molecule has 1 atom stereocenters. The van der Waals surface area contributed by atoms with Gasteiger partial charge in [0, 0.05) is 12.8 Å². The summed E-state index contributed by atoms with van der Waals surface area (Å²) in [6.07, 6.45) is 25.7. The highest BCUT2D eigenvalue weighted by molar-refractivity contribution is 5.70. The summed E-state index contributed by atoms with van der Waals surface area (Å²) < 4.78 is 10.4. The van der Waals surface area contributed by atoms with Gasteiger partial charge in [0.05, 0.1) is 6.61 Å². The van der Waals surface area contributed by atoms with Crippen molar-refractivity contribution in [1.29, 1.82) is 0 Å². The predicted octanol–water partition coefficient (Wildman–Crippen LogP) is 7.83. The number of aliphatic hydroxyl groups excluding tert-OH is 1. The average molecular weight is 483 g/mol. The molecule has 0 heterocycles. The van der Waals surface area contributed by atoms with Gasteiger partial charge < -0.3 is 14.6 Å². The number of allylic oxidation sites excluding steroid dienone is 2. The molecule has 0 amide bonds. The third kappa shape index (κ3) is 23.8. The molecule has 0 fully saturated rings. The van der Waals surface area contributed by atoms with Gasteiger partial charge in [-0.1, -0.05) is 103 Å². The molecule has 1 N–H and O–H groups in total. The highest BCUT2D eigenvalue weighted by atomic mass is 16.6. The van der Waals surface area contributed by atoms with Crippen LogP contribution in [-0.2, 0) is 19.1 Å². The Balaban J connectivity index is 3.58. The lowest BCUT2D eigenvalue weighted by molar-refractivity contribution is -0.161. The summed E-state index contributed by atoms with van der Waals surface area (Å²) >= 11 is 0. The first-order valence-corrected chi connectivity index (χ1v) is 14.2. The minimum absolute atomic E-state index is 0.0671. The van der Waals surface area contributed by atoms with Gasteiger partial charge in [-0.2, -0.15) is 0 Å². The average Bonchev–Trinajstić information content (AvgIpc) is 2.84. The fraction of sp³-hybridized carbons (Fsp3) is 0.862. The summed E-state index contributed by atoms with van der Waals surface area (Å²) in [6.45, 7) is 4.01. The first-order chi connectivity index (χ1) is 16.6. The number of hydrogen-bond donors (Lipinski definition) is 1. The smallest absolute Gasteiger partial charge is 0.306 e. The standard InChI is InChI=1S/C29H54O5/c1-3-5-7-9-10-11-12-13-14-15-16-17-18-20-22-24-29(32)34-27(25-30)26-33-28(31)23-21-19-8-6-4-2/h13-14,27,30H,3-12,15-26H2,1-2H3/b14-13-. The Kier molecular flexibility index (Phi) is 25.2. The van der Waals surface area contributed by atoms with Gasteiger partial charge in [-0.15, -0.1) is 0 Å². The molecule has 5 nitrogen and oxygen atoms in total. The topological polar surface area (TPSA) is 72.8 Å². The highest BCUT2D eigenvalue weighted by Crippen LogP contribution is 2.11. The number of esters is 2. The van der Waals surface area contributed by atoms with Crippen LogP contribution in [0.25, 0.3) is 0 Å². The second-order valence-corrected chi connectivity index (χ2v) is 9.48. The minimum atomic E-state index is -0.764. The summed E-state index contributed by atoms with van der Waals surface area (Å²) in [5.41, 5.74) is 0. The second-order valence-electron chi connectivity index (χ2n) is 9.48. The molecule has 200 valence electrons. The maximum absolute atomic E-state index is 12.0. The second kappa shape index (κ2) is 26.2. The summed E-state index contributed by atoms with van der Waals surface area (Å²) in [5, 5.41) is 9.39. The fourth-order valence-corrected chi connectivity index (χ4v) is 3.84. The molecule has 0 radical (unpaired) electrons. The van der Waals surface area contributed by atoms with Crippen LogP contribution in [0, 0.1) is 0 Å². The van der Waals surface area contributed by atoms with Crippen LogP contribution in [0.4, 0.5) is 0 Å². The summed E-state index contributed by atoms with van der Waals surface area (Å²) in [7, 11) is 0. The molecule has 0 aromatic rings. The largest absolute Gasteiger partial charge is 0.462 e. The Morgan fingerprint density at radius 2 is 1.09 bits per heavy atom. The first-order valence-electron chi connectivity index (χ1n) is 14.2. The molecule has 0 aliphatic heterocycles. The van der Waals surface area contributed by atoms with E-state index in [1.165, 1.54) is 70.6 Å². The van der Waals surface area contributed by atoms with E-state index in [9.17, 15) is 14.7 Å². The van der Waals surface area contributed by atoms with Crippen molar-refractivity contribution in [2.24, 2.45) is 0 Å². The number of ether oxygens (including phenoxy) is 2. The van der Waals surface area contributed by atoms with Crippen LogP contribution in [-0.4, -0.2) is 36.4 Å². The van der Waals surface area contributed by atoms with E-state index in [0.29, 0.717) is 12.8 Å². The van der Waals surface area contributed by atoms with Crippen LogP contribution in [0.15, 0.2) is 12.2 Å². The lowest BCUT2D eigenvalue weighted by Gasteiger charge is -2.15. The number of rotatable bonds is 25. The SMILES string of the molecule is CCCCCCCC/C=C\CCCCCCCC(=O)OC(CO)COC(=O)CCCCCCC. The Morgan fingerprint density at radius 1 is 0.647 bits per heavy atom. The molecular weight excluding hydrogens is 428 g/mol. The third-order valence-corrected chi connectivity index (χ3v) is 6.06. The van der Waals surface area contributed by atoms with Crippen LogP contribution < -0.4 is 0 Å². The van der Waals surface area contributed by atoms with Crippen LogP contribution in [0.5, 0.6) is 0 Å². The van der Waals surface area contributed by atoms with Crippen molar-refractivity contribution in [3.05, 3.63) is 12.2 Å². The fourth-order valence-electron chi connectivity index (χ4n) is 3.84. The zero-order valence-electron chi connectivity index (χ0n) is 22.4. The van der Waals surface area contributed by atoms with E-state index in [4.69, 9.17) is 9.47 Å². The number of aliphatic hydroxyl groups is 1. The Hall–Kier alpha value is -1.36. The quantitative estimate of drug-likeness (QED) is 0.0815. The summed E-state index contributed by atoms with van der Waals surface area (Å²) in [6, 6.07) is 0. The molecule has 0 saturated carbocycles. The molecule has 0 aliphatic rings. The van der Waals surface area contributed by atoms with E-state index in [1.54, 1.807) is 0 Å². The maximum atomic E-state index is 12.0. The molecule has 0 rings (SSSR count). The third-order valence-electron chi connectivity index (χ3n) is 6.06. The van der Waals surface area contributed by atoms with Gasteiger partial charge in [-0.3, -0.25) is 9.59 Å². The van der Waals surface area contributed by atoms with Crippen LogP contribution >= 0.6 is 0 Å². The van der Waals surface area contributed by atoms with E-state index in [0.717, 1.165) is 44.9 Å². The van der Waals surface area contributed by atoms with E-state index in [-0.39, 0.29) is 25.2 Å². The van der Waals surface area contributed by atoms with Crippen LogP contribution in [0.1, 0.15) is 142 Å². The molecule has 0 aromatic carbocycles. The zero-order valence-corrected chi connectivity index (χ0v) is 22.4. The molecule has 0 saturated heterocycles. The maximum Gasteiger partial charge on any atom is 0.306 e. The zero-order chi connectivity index (χ0) is 25.1. The van der Waals surface area contributed by atoms with Gasteiger partial charge in [-0.25, -0.2) is 0 Å². The number of hydrogen-bond acceptors (Lipinski definition) is 5. The van der Waals surface area contributed by atoms with Crippen molar-refractivity contribution in [2.75, 3.05) is 13.2 Å². The van der Waals surface area contributed by atoms with Crippen molar-refractivity contribution >= 4 is 11.9 Å². The molecule has 0 aromatic heterocycles. The van der Waals surface area contributed by atoms with Crippen molar-refractivity contribution < 1.29 is 24.2 Å². The van der Waals surface area contributed by atoms with Gasteiger partial charge in [0.1, 0.15) is 6.61 Å². The van der Waals surface area contributed by atoms with Gasteiger partial charge in [0.15, 0.2) is 6.10 Å². The molecule has 5 heteroatoms. The van der Waals surface area contributed by atoms with Crippen molar-refractivity contribution in [1.82, 2.24) is 0 Å². The van der Waals surface area contributed by atoms with E-state index < -0.39 is 6.10 Å². The molecular formula is C29H54O5. The monoisotopic (exact) mass is 482 g/mol. The first kappa shape index (κ1) is 32.6. The van der Waals surface area contributed by atoms with E-state index in [2.05, 4.69) is 26.0 Å². The van der Waals surface area contributed by atoms with Gasteiger partial charge >= 0.3 is 11.9 Å². The van der Waals surface area contributed by atoms with Gasteiger partial charge in [0.25, 0.3) is 0 Å².